The number of amides is 1. The van der Waals surface area contributed by atoms with E-state index < -0.39 is 11.4 Å². The SMILES string of the molecule is CC(C)(C)N(O)C(=O)c1c(Cl)cccc1Cl.[Pd]. The van der Waals surface area contributed by atoms with Crippen molar-refractivity contribution >= 4 is 29.1 Å². The Morgan fingerprint density at radius 2 is 1.65 bits per heavy atom. The largest absolute Gasteiger partial charge is 0.285 e. The number of hydrogen-bond donors (Lipinski definition) is 1. The van der Waals surface area contributed by atoms with Gasteiger partial charge in [-0.05, 0) is 32.9 Å². The van der Waals surface area contributed by atoms with Crippen molar-refractivity contribution in [1.82, 2.24) is 5.06 Å². The van der Waals surface area contributed by atoms with E-state index >= 15 is 0 Å². The summed E-state index contributed by atoms with van der Waals surface area (Å²) in [6.07, 6.45) is 0. The van der Waals surface area contributed by atoms with Crippen molar-refractivity contribution in [1.29, 1.82) is 0 Å². The Morgan fingerprint density at radius 3 is 2.00 bits per heavy atom. The van der Waals surface area contributed by atoms with E-state index in [-0.39, 0.29) is 36.0 Å². The molecular weight excluding hydrogens is 355 g/mol. The average Bonchev–Trinajstić information content (AvgIpc) is 2.14. The standard InChI is InChI=1S/C11H13Cl2NO2.Pd/c1-11(2,3)14(16)10(15)9-7(12)5-4-6-8(9)13;/h4-6,16H,1-3H3;. The molecule has 0 fully saturated rings. The topological polar surface area (TPSA) is 40.5 Å². The van der Waals surface area contributed by atoms with Crippen LogP contribution in [0.4, 0.5) is 0 Å². The number of rotatable bonds is 1. The van der Waals surface area contributed by atoms with Crippen LogP contribution in [-0.2, 0) is 20.4 Å². The molecule has 0 bridgehead atoms. The van der Waals surface area contributed by atoms with Gasteiger partial charge in [-0.25, -0.2) is 5.06 Å². The third-order valence-electron chi connectivity index (χ3n) is 2.00. The number of nitrogens with zero attached hydrogens (tertiary/aromatic N) is 1. The predicted octanol–water partition coefficient (Wildman–Crippen LogP) is 3.62. The summed E-state index contributed by atoms with van der Waals surface area (Å²) in [5.74, 6) is -0.608. The van der Waals surface area contributed by atoms with E-state index in [4.69, 9.17) is 23.2 Å². The van der Waals surface area contributed by atoms with Gasteiger partial charge in [-0.2, -0.15) is 0 Å². The molecule has 0 aromatic heterocycles. The average molecular weight is 369 g/mol. The van der Waals surface area contributed by atoms with Crippen molar-refractivity contribution < 1.29 is 30.4 Å². The maximum absolute atomic E-state index is 11.9. The minimum atomic E-state index is -0.709. The molecule has 1 aromatic carbocycles. The van der Waals surface area contributed by atoms with Gasteiger partial charge in [-0.15, -0.1) is 0 Å². The van der Waals surface area contributed by atoms with Crippen molar-refractivity contribution in [2.24, 2.45) is 0 Å². The van der Waals surface area contributed by atoms with Crippen LogP contribution >= 0.6 is 23.2 Å². The predicted molar refractivity (Wildman–Crippen MR) is 64.2 cm³/mol. The van der Waals surface area contributed by atoms with Crippen LogP contribution in [-0.4, -0.2) is 21.7 Å². The summed E-state index contributed by atoms with van der Waals surface area (Å²) in [5, 5.41) is 10.8. The van der Waals surface area contributed by atoms with Gasteiger partial charge in [0.15, 0.2) is 0 Å². The van der Waals surface area contributed by atoms with Gasteiger partial charge in [-0.1, -0.05) is 29.3 Å². The maximum atomic E-state index is 11.9. The molecule has 0 spiro atoms. The monoisotopic (exact) mass is 367 g/mol. The molecule has 6 heteroatoms. The molecule has 0 heterocycles. The second-order valence-corrected chi connectivity index (χ2v) is 5.20. The molecular formula is C11H13Cl2NO2Pd. The van der Waals surface area contributed by atoms with E-state index in [9.17, 15) is 10.0 Å². The zero-order valence-corrected chi connectivity index (χ0v) is 12.7. The first kappa shape index (κ1) is 16.9. The summed E-state index contributed by atoms with van der Waals surface area (Å²) < 4.78 is 0. The minimum absolute atomic E-state index is 0. The number of carbonyl (C=O) groups is 1. The van der Waals surface area contributed by atoms with Crippen molar-refractivity contribution in [2.45, 2.75) is 26.3 Å². The first-order chi connectivity index (χ1) is 7.25. The van der Waals surface area contributed by atoms with Gasteiger partial charge in [-0.3, -0.25) is 10.0 Å². The summed E-state index contributed by atoms with van der Waals surface area (Å²) in [6.45, 7) is 5.11. The normalized spacial score (nSPS) is 10.7. The van der Waals surface area contributed by atoms with Crippen LogP contribution in [0.15, 0.2) is 18.2 Å². The van der Waals surface area contributed by atoms with Crippen LogP contribution in [0.2, 0.25) is 10.0 Å². The number of benzene rings is 1. The molecule has 1 N–H and O–H groups in total. The summed E-state index contributed by atoms with van der Waals surface area (Å²) in [4.78, 5) is 11.9. The van der Waals surface area contributed by atoms with Crippen LogP contribution in [0.3, 0.4) is 0 Å². The molecule has 0 radical (unpaired) electrons. The van der Waals surface area contributed by atoms with Gasteiger partial charge in [0.05, 0.1) is 21.1 Å². The molecule has 98 valence electrons. The molecule has 0 unspecified atom stereocenters. The number of hydroxylamine groups is 2. The number of hydrogen-bond acceptors (Lipinski definition) is 2. The Kier molecular flexibility index (Phi) is 6.14. The Labute approximate surface area is 124 Å². The number of halogens is 2. The quantitative estimate of drug-likeness (QED) is 0.467. The number of carbonyl (C=O) groups excluding carboxylic acids is 1. The summed E-state index contributed by atoms with van der Waals surface area (Å²) >= 11 is 11.8. The fourth-order valence-corrected chi connectivity index (χ4v) is 1.67. The van der Waals surface area contributed by atoms with Gasteiger partial charge in [0.2, 0.25) is 0 Å². The fourth-order valence-electron chi connectivity index (χ4n) is 1.11. The third-order valence-corrected chi connectivity index (χ3v) is 2.63. The summed E-state index contributed by atoms with van der Waals surface area (Å²) in [6, 6.07) is 4.74. The molecule has 0 saturated carbocycles. The molecule has 17 heavy (non-hydrogen) atoms. The van der Waals surface area contributed by atoms with E-state index in [0.717, 1.165) is 0 Å². The molecule has 0 aliphatic carbocycles. The molecule has 1 aromatic rings. The van der Waals surface area contributed by atoms with Crippen LogP contribution < -0.4 is 0 Å². The van der Waals surface area contributed by atoms with Crippen LogP contribution in [0, 0.1) is 0 Å². The molecule has 1 rings (SSSR count). The third kappa shape index (κ3) is 3.94. The van der Waals surface area contributed by atoms with Crippen molar-refractivity contribution in [3.63, 3.8) is 0 Å². The second kappa shape index (κ2) is 6.17. The van der Waals surface area contributed by atoms with Crippen molar-refractivity contribution in [2.75, 3.05) is 0 Å². The first-order valence-corrected chi connectivity index (χ1v) is 5.48. The van der Waals surface area contributed by atoms with Crippen LogP contribution in [0.5, 0.6) is 0 Å². The Hall–Kier alpha value is -0.108. The first-order valence-electron chi connectivity index (χ1n) is 4.72. The van der Waals surface area contributed by atoms with Crippen LogP contribution in [0.25, 0.3) is 0 Å². The fraction of sp³-hybridized carbons (Fsp3) is 0.364. The van der Waals surface area contributed by atoms with Crippen molar-refractivity contribution in [3.8, 4) is 0 Å². The van der Waals surface area contributed by atoms with E-state index in [2.05, 4.69) is 0 Å². The van der Waals surface area contributed by atoms with Crippen LogP contribution in [0.1, 0.15) is 31.1 Å². The Balaban J connectivity index is 0.00000256. The Bertz CT molecular complexity index is 398. The zero-order chi connectivity index (χ0) is 12.5. The molecule has 1 amide bonds. The van der Waals surface area contributed by atoms with E-state index in [0.29, 0.717) is 5.06 Å². The van der Waals surface area contributed by atoms with E-state index in [1.54, 1.807) is 39.0 Å². The smallest absolute Gasteiger partial charge is 0.280 e. The molecule has 3 nitrogen and oxygen atoms in total. The van der Waals surface area contributed by atoms with Gasteiger partial charge >= 0.3 is 0 Å². The minimum Gasteiger partial charge on any atom is -0.285 e. The van der Waals surface area contributed by atoms with Crippen molar-refractivity contribution in [3.05, 3.63) is 33.8 Å². The van der Waals surface area contributed by atoms with Gasteiger partial charge in [0.1, 0.15) is 0 Å². The summed E-state index contributed by atoms with van der Waals surface area (Å²) in [5.41, 5.74) is -0.595. The molecule has 0 saturated heterocycles. The summed E-state index contributed by atoms with van der Waals surface area (Å²) in [7, 11) is 0. The Morgan fingerprint density at radius 1 is 1.24 bits per heavy atom. The molecule has 0 aliphatic heterocycles. The van der Waals surface area contributed by atoms with Gasteiger partial charge in [0, 0.05) is 20.4 Å². The van der Waals surface area contributed by atoms with Gasteiger partial charge < -0.3 is 0 Å². The van der Waals surface area contributed by atoms with E-state index in [1.807, 2.05) is 0 Å². The maximum Gasteiger partial charge on any atom is 0.280 e. The second-order valence-electron chi connectivity index (χ2n) is 4.38. The zero-order valence-electron chi connectivity index (χ0n) is 9.61. The van der Waals surface area contributed by atoms with E-state index in [1.165, 1.54) is 0 Å². The molecule has 0 aliphatic rings. The molecule has 0 atom stereocenters. The van der Waals surface area contributed by atoms with Gasteiger partial charge in [0.25, 0.3) is 5.91 Å².